The monoisotopic (exact) mass is 243 g/mol. The lowest BCUT2D eigenvalue weighted by Gasteiger charge is -2.04. The third kappa shape index (κ3) is 4.53. The Bertz CT molecular complexity index is 303. The van der Waals surface area contributed by atoms with E-state index in [0.717, 1.165) is 18.0 Å². The maximum Gasteiger partial charge on any atom is 0.226 e. The summed E-state index contributed by atoms with van der Waals surface area (Å²) in [6.45, 7) is 7.13. The highest BCUT2D eigenvalue weighted by atomic mass is 32.2. The molecule has 0 fully saturated rings. The molecule has 5 heteroatoms. The van der Waals surface area contributed by atoms with E-state index >= 15 is 0 Å². The molecule has 92 valence electrons. The molecule has 1 rings (SSSR count). The van der Waals surface area contributed by atoms with Gasteiger partial charge in [-0.15, -0.1) is 0 Å². The first-order valence-corrected chi connectivity index (χ1v) is 6.83. The first-order valence-electron chi connectivity index (χ1n) is 5.78. The summed E-state index contributed by atoms with van der Waals surface area (Å²) < 4.78 is 5.17. The molecule has 0 aliphatic carbocycles. The number of nitrogens with zero attached hydrogens (tertiary/aromatic N) is 2. The first-order chi connectivity index (χ1) is 7.65. The number of rotatable bonds is 7. The fourth-order valence-corrected chi connectivity index (χ4v) is 1.93. The van der Waals surface area contributed by atoms with E-state index in [1.165, 1.54) is 6.42 Å². The van der Waals surface area contributed by atoms with E-state index in [9.17, 15) is 0 Å². The predicted molar refractivity (Wildman–Crippen MR) is 67.3 cm³/mol. The van der Waals surface area contributed by atoms with Crippen LogP contribution in [0.5, 0.6) is 0 Å². The van der Waals surface area contributed by atoms with Gasteiger partial charge in [0.1, 0.15) is 0 Å². The van der Waals surface area contributed by atoms with E-state index in [0.29, 0.717) is 23.6 Å². The maximum absolute atomic E-state index is 5.55. The molecule has 0 saturated heterocycles. The number of aromatic nitrogens is 2. The number of hydrogen-bond donors (Lipinski definition) is 1. The molecule has 0 saturated carbocycles. The quantitative estimate of drug-likeness (QED) is 0.795. The normalized spacial score (nSPS) is 15.0. The highest BCUT2D eigenvalue weighted by molar-refractivity contribution is 7.99. The topological polar surface area (TPSA) is 64.9 Å². The van der Waals surface area contributed by atoms with Crippen LogP contribution in [0, 0.1) is 5.92 Å². The molecular formula is C11H21N3OS. The van der Waals surface area contributed by atoms with Gasteiger partial charge in [0.25, 0.3) is 0 Å². The van der Waals surface area contributed by atoms with Crippen molar-refractivity contribution in [2.75, 3.05) is 6.54 Å². The number of nitrogens with two attached hydrogens (primary N) is 1. The van der Waals surface area contributed by atoms with Gasteiger partial charge in [-0.1, -0.05) is 25.9 Å². The van der Waals surface area contributed by atoms with Crippen molar-refractivity contribution in [3.8, 4) is 0 Å². The van der Waals surface area contributed by atoms with Crippen LogP contribution >= 0.6 is 11.8 Å². The van der Waals surface area contributed by atoms with E-state index in [2.05, 4.69) is 30.9 Å². The van der Waals surface area contributed by atoms with E-state index in [-0.39, 0.29) is 0 Å². The van der Waals surface area contributed by atoms with Gasteiger partial charge in [-0.25, -0.2) is 0 Å². The van der Waals surface area contributed by atoms with Gasteiger partial charge in [0.2, 0.25) is 5.89 Å². The fourth-order valence-electron chi connectivity index (χ4n) is 1.15. The molecular weight excluding hydrogens is 222 g/mol. The third-order valence-corrected chi connectivity index (χ3v) is 3.83. The molecule has 1 aromatic heterocycles. The molecule has 2 N–H and O–H groups in total. The van der Waals surface area contributed by atoms with Crippen molar-refractivity contribution in [2.24, 2.45) is 11.7 Å². The first kappa shape index (κ1) is 13.5. The summed E-state index contributed by atoms with van der Waals surface area (Å²) in [4.78, 5) is 4.35. The minimum Gasteiger partial charge on any atom is -0.339 e. The van der Waals surface area contributed by atoms with Gasteiger partial charge >= 0.3 is 0 Å². The van der Waals surface area contributed by atoms with Crippen LogP contribution in [-0.4, -0.2) is 21.9 Å². The Morgan fingerprint density at radius 1 is 1.44 bits per heavy atom. The average molecular weight is 243 g/mol. The Balaban J connectivity index is 2.39. The standard InChI is InChI=1S/C11H21N3OS/c1-4-9(3)16-7-10-13-11(15-14-10)5-8(2)6-12/h8-9H,4-7,12H2,1-3H3. The van der Waals surface area contributed by atoms with Gasteiger partial charge in [-0.2, -0.15) is 16.7 Å². The second-order valence-corrected chi connectivity index (χ2v) is 5.61. The molecule has 1 aromatic rings. The Labute approximate surface area is 101 Å². The van der Waals surface area contributed by atoms with Crippen molar-refractivity contribution >= 4 is 11.8 Å². The molecule has 0 spiro atoms. The van der Waals surface area contributed by atoms with Crippen molar-refractivity contribution in [1.82, 2.24) is 10.1 Å². The van der Waals surface area contributed by atoms with Crippen LogP contribution in [0.1, 0.15) is 38.9 Å². The molecule has 0 bridgehead atoms. The van der Waals surface area contributed by atoms with Crippen molar-refractivity contribution in [1.29, 1.82) is 0 Å². The van der Waals surface area contributed by atoms with Crippen LogP contribution in [0.15, 0.2) is 4.52 Å². The number of hydrogen-bond acceptors (Lipinski definition) is 5. The van der Waals surface area contributed by atoms with Gasteiger partial charge in [-0.05, 0) is 18.9 Å². The molecule has 0 aliphatic rings. The van der Waals surface area contributed by atoms with Gasteiger partial charge in [0.05, 0.1) is 5.75 Å². The molecule has 1 heterocycles. The summed E-state index contributed by atoms with van der Waals surface area (Å²) in [6.07, 6.45) is 1.94. The average Bonchev–Trinajstić information content (AvgIpc) is 2.73. The fraction of sp³-hybridized carbons (Fsp3) is 0.818. The van der Waals surface area contributed by atoms with Crippen LogP contribution in [0.3, 0.4) is 0 Å². The lowest BCUT2D eigenvalue weighted by atomic mass is 10.1. The van der Waals surface area contributed by atoms with E-state index in [1.54, 1.807) is 0 Å². The predicted octanol–water partition coefficient (Wildman–Crippen LogP) is 2.24. The molecule has 0 aliphatic heterocycles. The minimum absolute atomic E-state index is 0.399. The molecule has 0 aromatic carbocycles. The summed E-state index contributed by atoms with van der Waals surface area (Å²) in [7, 11) is 0. The highest BCUT2D eigenvalue weighted by Gasteiger charge is 2.10. The van der Waals surface area contributed by atoms with Gasteiger partial charge in [0.15, 0.2) is 5.82 Å². The molecule has 0 amide bonds. The van der Waals surface area contributed by atoms with Crippen molar-refractivity contribution in [3.63, 3.8) is 0 Å². The lowest BCUT2D eigenvalue weighted by Crippen LogP contribution is -2.13. The molecule has 2 atom stereocenters. The summed E-state index contributed by atoms with van der Waals surface area (Å²) in [6, 6.07) is 0. The third-order valence-electron chi connectivity index (χ3n) is 2.51. The second kappa shape index (κ2) is 6.91. The second-order valence-electron chi connectivity index (χ2n) is 4.18. The van der Waals surface area contributed by atoms with Gasteiger partial charge < -0.3 is 10.3 Å². The maximum atomic E-state index is 5.55. The molecule has 4 nitrogen and oxygen atoms in total. The molecule has 16 heavy (non-hydrogen) atoms. The number of thioether (sulfide) groups is 1. The van der Waals surface area contributed by atoms with E-state index in [4.69, 9.17) is 10.3 Å². The Morgan fingerprint density at radius 3 is 2.81 bits per heavy atom. The molecule has 0 radical (unpaired) electrons. The van der Waals surface area contributed by atoms with Crippen LogP contribution in [0.2, 0.25) is 0 Å². The highest BCUT2D eigenvalue weighted by Crippen LogP contribution is 2.18. The largest absolute Gasteiger partial charge is 0.339 e. The zero-order valence-electron chi connectivity index (χ0n) is 10.3. The van der Waals surface area contributed by atoms with Gasteiger partial charge in [-0.3, -0.25) is 0 Å². The summed E-state index contributed by atoms with van der Waals surface area (Å²) in [5.74, 6) is 2.73. The zero-order chi connectivity index (χ0) is 12.0. The van der Waals surface area contributed by atoms with Crippen LogP contribution in [-0.2, 0) is 12.2 Å². The Kier molecular flexibility index (Phi) is 5.84. The van der Waals surface area contributed by atoms with E-state index < -0.39 is 0 Å². The van der Waals surface area contributed by atoms with Crippen LogP contribution in [0.25, 0.3) is 0 Å². The van der Waals surface area contributed by atoms with Crippen molar-refractivity contribution in [2.45, 2.75) is 44.6 Å². The summed E-state index contributed by atoms with van der Waals surface area (Å²) in [5.41, 5.74) is 5.55. The van der Waals surface area contributed by atoms with E-state index in [1.807, 2.05) is 11.8 Å². The molecule has 2 unspecified atom stereocenters. The van der Waals surface area contributed by atoms with Crippen molar-refractivity contribution < 1.29 is 4.52 Å². The SMILES string of the molecule is CCC(C)SCc1noc(CC(C)CN)n1. The van der Waals surface area contributed by atoms with Crippen molar-refractivity contribution in [3.05, 3.63) is 11.7 Å². The van der Waals surface area contributed by atoms with Crippen LogP contribution < -0.4 is 5.73 Å². The lowest BCUT2D eigenvalue weighted by molar-refractivity contribution is 0.356. The summed E-state index contributed by atoms with van der Waals surface area (Å²) in [5, 5.41) is 4.61. The smallest absolute Gasteiger partial charge is 0.226 e. The van der Waals surface area contributed by atoms with Crippen LogP contribution in [0.4, 0.5) is 0 Å². The minimum atomic E-state index is 0.399. The Morgan fingerprint density at radius 2 is 2.19 bits per heavy atom. The Hall–Kier alpha value is -0.550. The van der Waals surface area contributed by atoms with Gasteiger partial charge in [0, 0.05) is 11.7 Å². The zero-order valence-corrected chi connectivity index (χ0v) is 11.1. The summed E-state index contributed by atoms with van der Waals surface area (Å²) >= 11 is 1.86.